The van der Waals surface area contributed by atoms with Gasteiger partial charge >= 0.3 is 0 Å². The number of rotatable bonds is 4. The molecule has 0 saturated carbocycles. The molecule has 0 radical (unpaired) electrons. The van der Waals surface area contributed by atoms with E-state index in [0.717, 1.165) is 34.5 Å². The molecule has 0 unspecified atom stereocenters. The van der Waals surface area contributed by atoms with Gasteiger partial charge in [-0.05, 0) is 44.2 Å². The molecule has 0 fully saturated rings. The van der Waals surface area contributed by atoms with Crippen LogP contribution in [-0.4, -0.2) is 21.2 Å². The number of aromatic nitrogens is 1. The highest BCUT2D eigenvalue weighted by molar-refractivity contribution is 8.14. The van der Waals surface area contributed by atoms with Gasteiger partial charge < -0.3 is 8.98 Å². The zero-order chi connectivity index (χ0) is 19.7. The predicted molar refractivity (Wildman–Crippen MR) is 107 cm³/mol. The van der Waals surface area contributed by atoms with Gasteiger partial charge in [0, 0.05) is 28.8 Å². The van der Waals surface area contributed by atoms with Crippen molar-refractivity contribution in [3.8, 4) is 0 Å². The Hall–Kier alpha value is -2.87. The van der Waals surface area contributed by atoms with Gasteiger partial charge in [0.15, 0.2) is 11.0 Å². The Morgan fingerprint density at radius 2 is 2.11 bits per heavy atom. The van der Waals surface area contributed by atoms with E-state index in [9.17, 15) is 8.78 Å². The average Bonchev–Trinajstić information content (AvgIpc) is 3.29. The number of hydrogen-bond acceptors (Lipinski definition) is 4. The Morgan fingerprint density at radius 1 is 1.25 bits per heavy atom. The number of nitrogens with one attached hydrogen (secondary N) is 1. The molecule has 144 valence electrons. The number of nitrogens with zero attached hydrogens (tertiary/aromatic N) is 3. The lowest BCUT2D eigenvalue weighted by atomic mass is 10.1. The van der Waals surface area contributed by atoms with Crippen LogP contribution in [0.2, 0.25) is 0 Å². The van der Waals surface area contributed by atoms with Crippen LogP contribution in [-0.2, 0) is 6.54 Å². The number of halogens is 2. The standard InChI is InChI=1S/C20H18F2N4OS/c1-12-8-16(13(2)26(12)10-15-4-3-7-27-15)19-11-28-20(25-24-19)23-18-6-5-14(21)9-17(18)22/h3-9H,10-11H2,1-2H3,(H,23,25). The Morgan fingerprint density at radius 3 is 2.79 bits per heavy atom. The molecule has 1 aliphatic rings. The van der Waals surface area contributed by atoms with Crippen molar-refractivity contribution in [1.82, 2.24) is 9.99 Å². The van der Waals surface area contributed by atoms with Gasteiger partial charge in [-0.1, -0.05) is 11.8 Å². The Bertz CT molecular complexity index is 1070. The normalized spacial score (nSPS) is 15.6. The summed E-state index contributed by atoms with van der Waals surface area (Å²) in [5.74, 6) is 0.156. The highest BCUT2D eigenvalue weighted by Gasteiger charge is 2.19. The molecule has 4 rings (SSSR count). The fourth-order valence-corrected chi connectivity index (χ4v) is 3.85. The van der Waals surface area contributed by atoms with E-state index in [4.69, 9.17) is 4.42 Å². The first-order chi connectivity index (χ1) is 13.5. The highest BCUT2D eigenvalue weighted by atomic mass is 32.2. The fraction of sp³-hybridized carbons (Fsp3) is 0.200. The lowest BCUT2D eigenvalue weighted by Gasteiger charge is -2.15. The molecule has 0 saturated heterocycles. The van der Waals surface area contributed by atoms with Crippen molar-refractivity contribution < 1.29 is 13.2 Å². The first-order valence-electron chi connectivity index (χ1n) is 8.70. The highest BCUT2D eigenvalue weighted by Crippen LogP contribution is 2.24. The molecule has 0 aliphatic carbocycles. The monoisotopic (exact) mass is 400 g/mol. The van der Waals surface area contributed by atoms with Crippen LogP contribution < -0.4 is 5.43 Å². The average molecular weight is 400 g/mol. The van der Waals surface area contributed by atoms with Crippen molar-refractivity contribution in [1.29, 1.82) is 0 Å². The van der Waals surface area contributed by atoms with Crippen LogP contribution in [0.4, 0.5) is 14.5 Å². The van der Waals surface area contributed by atoms with Crippen LogP contribution in [0.15, 0.2) is 57.2 Å². The molecule has 5 nitrogen and oxygen atoms in total. The van der Waals surface area contributed by atoms with Crippen LogP contribution in [0.25, 0.3) is 0 Å². The van der Waals surface area contributed by atoms with E-state index in [1.165, 1.54) is 23.9 Å². The van der Waals surface area contributed by atoms with E-state index < -0.39 is 11.6 Å². The third-order valence-corrected chi connectivity index (χ3v) is 5.42. The number of aryl methyl sites for hydroxylation is 1. The van der Waals surface area contributed by atoms with E-state index in [1.807, 2.05) is 19.1 Å². The van der Waals surface area contributed by atoms with Gasteiger partial charge in [-0.25, -0.2) is 13.8 Å². The minimum Gasteiger partial charge on any atom is -0.467 e. The minimum absolute atomic E-state index is 0.0756. The van der Waals surface area contributed by atoms with Crippen molar-refractivity contribution in [2.75, 3.05) is 5.75 Å². The summed E-state index contributed by atoms with van der Waals surface area (Å²) < 4.78 is 34.4. The van der Waals surface area contributed by atoms with Crippen LogP contribution in [0.5, 0.6) is 0 Å². The lowest BCUT2D eigenvalue weighted by Crippen LogP contribution is -2.25. The quantitative estimate of drug-likeness (QED) is 0.687. The van der Waals surface area contributed by atoms with E-state index in [1.54, 1.807) is 6.26 Å². The van der Waals surface area contributed by atoms with Gasteiger partial charge in [0.2, 0.25) is 0 Å². The van der Waals surface area contributed by atoms with Crippen LogP contribution >= 0.6 is 11.8 Å². The predicted octanol–water partition coefficient (Wildman–Crippen LogP) is 4.75. The van der Waals surface area contributed by atoms with Gasteiger partial charge in [-0.15, -0.1) is 0 Å². The molecule has 0 spiro atoms. The molecule has 8 heteroatoms. The summed E-state index contributed by atoms with van der Waals surface area (Å²) in [7, 11) is 0. The van der Waals surface area contributed by atoms with Crippen molar-refractivity contribution in [2.24, 2.45) is 10.1 Å². The van der Waals surface area contributed by atoms with Crippen molar-refractivity contribution in [3.63, 3.8) is 0 Å². The van der Waals surface area contributed by atoms with E-state index in [0.29, 0.717) is 17.5 Å². The summed E-state index contributed by atoms with van der Waals surface area (Å²) in [5.41, 5.74) is 7.10. The van der Waals surface area contributed by atoms with Gasteiger partial charge in [0.25, 0.3) is 0 Å². The second-order valence-corrected chi connectivity index (χ2v) is 7.39. The smallest absolute Gasteiger partial charge is 0.182 e. The second-order valence-electron chi connectivity index (χ2n) is 6.42. The molecular formula is C20H18F2N4OS. The number of aliphatic imine (C=N–C) groups is 1. The molecule has 1 aromatic carbocycles. The molecule has 3 aromatic rings. The van der Waals surface area contributed by atoms with Gasteiger partial charge in [-0.2, -0.15) is 5.10 Å². The van der Waals surface area contributed by atoms with Crippen molar-refractivity contribution in [3.05, 3.63) is 77.0 Å². The Kier molecular flexibility index (Phi) is 5.04. The number of hydrogen-bond donors (Lipinski definition) is 1. The maximum absolute atomic E-state index is 13.8. The van der Waals surface area contributed by atoms with E-state index in [2.05, 4.69) is 33.1 Å². The molecule has 2 aromatic heterocycles. The summed E-state index contributed by atoms with van der Waals surface area (Å²) in [6.07, 6.45) is 1.67. The summed E-state index contributed by atoms with van der Waals surface area (Å²) in [5, 5.41) is 4.89. The molecule has 0 bridgehead atoms. The molecule has 1 N–H and O–H groups in total. The van der Waals surface area contributed by atoms with Gasteiger partial charge in [0.1, 0.15) is 17.3 Å². The second kappa shape index (κ2) is 7.63. The number of hydrazone groups is 1. The minimum atomic E-state index is -0.703. The maximum atomic E-state index is 13.8. The van der Waals surface area contributed by atoms with Crippen LogP contribution in [0.1, 0.15) is 22.7 Å². The lowest BCUT2D eigenvalue weighted by molar-refractivity contribution is 0.489. The molecule has 0 amide bonds. The zero-order valence-corrected chi connectivity index (χ0v) is 16.2. The Balaban J connectivity index is 1.54. The SMILES string of the molecule is Cc1cc(C2=NNC(=Nc3ccc(F)cc3F)SC2)c(C)n1Cc1ccco1. The summed E-state index contributed by atoms with van der Waals surface area (Å²) in [6, 6.07) is 9.23. The summed E-state index contributed by atoms with van der Waals surface area (Å²) in [6.45, 7) is 4.76. The topological polar surface area (TPSA) is 54.8 Å². The maximum Gasteiger partial charge on any atom is 0.182 e. The van der Waals surface area contributed by atoms with E-state index >= 15 is 0 Å². The first-order valence-corrected chi connectivity index (χ1v) is 9.68. The van der Waals surface area contributed by atoms with Gasteiger partial charge in [0.05, 0.1) is 18.5 Å². The molecule has 3 heterocycles. The molecule has 28 heavy (non-hydrogen) atoms. The number of thioether (sulfide) groups is 1. The third kappa shape index (κ3) is 3.73. The van der Waals surface area contributed by atoms with Crippen molar-refractivity contribution in [2.45, 2.75) is 20.4 Å². The molecule has 0 atom stereocenters. The number of amidine groups is 1. The zero-order valence-electron chi connectivity index (χ0n) is 15.4. The van der Waals surface area contributed by atoms with Crippen molar-refractivity contribution >= 4 is 28.3 Å². The number of furan rings is 1. The Labute approximate surface area is 165 Å². The summed E-state index contributed by atoms with van der Waals surface area (Å²) >= 11 is 1.42. The van der Waals surface area contributed by atoms with Crippen LogP contribution in [0, 0.1) is 25.5 Å². The van der Waals surface area contributed by atoms with Crippen LogP contribution in [0.3, 0.4) is 0 Å². The number of benzene rings is 1. The fourth-order valence-electron chi connectivity index (χ4n) is 3.09. The van der Waals surface area contributed by atoms with E-state index in [-0.39, 0.29) is 5.69 Å². The van der Waals surface area contributed by atoms with Gasteiger partial charge in [-0.3, -0.25) is 5.43 Å². The molecule has 1 aliphatic heterocycles. The third-order valence-electron chi connectivity index (χ3n) is 4.54. The summed E-state index contributed by atoms with van der Waals surface area (Å²) in [4.78, 5) is 4.18. The largest absolute Gasteiger partial charge is 0.467 e. The first kappa shape index (κ1) is 18.5. The molecular weight excluding hydrogens is 382 g/mol.